The second-order valence-electron chi connectivity index (χ2n) is 6.44. The van der Waals surface area contributed by atoms with Crippen LogP contribution in [0.2, 0.25) is 0 Å². The molecule has 140 valence electrons. The Hall–Kier alpha value is -2.06. The topological polar surface area (TPSA) is 89.0 Å². The van der Waals surface area contributed by atoms with E-state index in [0.717, 1.165) is 25.0 Å². The summed E-state index contributed by atoms with van der Waals surface area (Å²) in [6.45, 7) is 3.26. The van der Waals surface area contributed by atoms with Gasteiger partial charge in [-0.1, -0.05) is 6.92 Å². The summed E-state index contributed by atoms with van der Waals surface area (Å²) in [5.74, 6) is 0.650. The minimum Gasteiger partial charge on any atom is -0.376 e. The highest BCUT2D eigenvalue weighted by Crippen LogP contribution is 2.29. The number of aromatic nitrogens is 3. The lowest BCUT2D eigenvalue weighted by molar-refractivity contribution is -0.128. The third-order valence-electron chi connectivity index (χ3n) is 4.51. The second kappa shape index (κ2) is 9.59. The van der Waals surface area contributed by atoms with Crippen molar-refractivity contribution in [3.05, 3.63) is 35.0 Å². The first-order valence-electron chi connectivity index (χ1n) is 9.06. The van der Waals surface area contributed by atoms with Crippen LogP contribution in [0.25, 0.3) is 0 Å². The summed E-state index contributed by atoms with van der Waals surface area (Å²) >= 11 is 1.53. The van der Waals surface area contributed by atoms with Crippen LogP contribution in [0, 0.1) is 5.92 Å². The SMILES string of the molecule is CCCOC1CC(C(=O)NCc2cscn2)CCC1Nc1ncccn1. The van der Waals surface area contributed by atoms with Gasteiger partial charge in [0, 0.05) is 30.3 Å². The van der Waals surface area contributed by atoms with E-state index < -0.39 is 0 Å². The van der Waals surface area contributed by atoms with Gasteiger partial charge in [0.25, 0.3) is 0 Å². The molecule has 0 spiro atoms. The van der Waals surface area contributed by atoms with E-state index in [1.54, 1.807) is 24.0 Å². The highest BCUT2D eigenvalue weighted by molar-refractivity contribution is 7.07. The monoisotopic (exact) mass is 375 g/mol. The third-order valence-corrected chi connectivity index (χ3v) is 5.14. The summed E-state index contributed by atoms with van der Waals surface area (Å²) in [6.07, 6.45) is 6.73. The van der Waals surface area contributed by atoms with Gasteiger partial charge in [0.1, 0.15) is 0 Å². The van der Waals surface area contributed by atoms with Crippen molar-refractivity contribution in [2.45, 2.75) is 51.3 Å². The molecule has 26 heavy (non-hydrogen) atoms. The Kier molecular flexibility index (Phi) is 6.90. The van der Waals surface area contributed by atoms with E-state index >= 15 is 0 Å². The van der Waals surface area contributed by atoms with E-state index in [-0.39, 0.29) is 24.0 Å². The number of hydrogen-bond donors (Lipinski definition) is 2. The first-order chi connectivity index (χ1) is 12.8. The second-order valence-corrected chi connectivity index (χ2v) is 7.16. The van der Waals surface area contributed by atoms with Crippen molar-refractivity contribution in [2.75, 3.05) is 11.9 Å². The molecule has 2 aromatic heterocycles. The van der Waals surface area contributed by atoms with E-state index in [4.69, 9.17) is 4.74 Å². The number of thiazole rings is 1. The van der Waals surface area contributed by atoms with Crippen LogP contribution in [0.15, 0.2) is 29.4 Å². The molecular weight excluding hydrogens is 350 g/mol. The molecule has 0 bridgehead atoms. The van der Waals surface area contributed by atoms with Gasteiger partial charge in [-0.2, -0.15) is 0 Å². The number of anilines is 1. The van der Waals surface area contributed by atoms with Crippen molar-refractivity contribution in [3.63, 3.8) is 0 Å². The van der Waals surface area contributed by atoms with Crippen LogP contribution in [-0.4, -0.2) is 39.6 Å². The number of nitrogens with one attached hydrogen (secondary N) is 2. The van der Waals surface area contributed by atoms with E-state index in [9.17, 15) is 4.79 Å². The lowest BCUT2D eigenvalue weighted by Gasteiger charge is -2.35. The number of carbonyl (C=O) groups is 1. The van der Waals surface area contributed by atoms with Crippen LogP contribution in [0.1, 0.15) is 38.3 Å². The van der Waals surface area contributed by atoms with Crippen molar-refractivity contribution < 1.29 is 9.53 Å². The van der Waals surface area contributed by atoms with Crippen molar-refractivity contribution in [3.8, 4) is 0 Å². The molecule has 0 aromatic carbocycles. The molecular formula is C18H25N5O2S. The summed E-state index contributed by atoms with van der Waals surface area (Å²) in [7, 11) is 0. The van der Waals surface area contributed by atoms with Crippen molar-refractivity contribution >= 4 is 23.2 Å². The highest BCUT2D eigenvalue weighted by atomic mass is 32.1. The summed E-state index contributed by atoms with van der Waals surface area (Å²) in [5.41, 5.74) is 2.68. The van der Waals surface area contributed by atoms with Crippen LogP contribution in [0.3, 0.4) is 0 Å². The Morgan fingerprint density at radius 1 is 1.31 bits per heavy atom. The lowest BCUT2D eigenvalue weighted by atomic mass is 9.83. The zero-order valence-electron chi connectivity index (χ0n) is 14.9. The van der Waals surface area contributed by atoms with Gasteiger partial charge in [0.15, 0.2) is 0 Å². The minimum atomic E-state index is -0.0368. The Labute approximate surface area is 157 Å². The minimum absolute atomic E-state index is 0.0254. The summed E-state index contributed by atoms with van der Waals surface area (Å²) in [5, 5.41) is 8.32. The Morgan fingerprint density at radius 2 is 2.15 bits per heavy atom. The predicted molar refractivity (Wildman–Crippen MR) is 101 cm³/mol. The molecule has 1 aliphatic carbocycles. The molecule has 0 saturated heterocycles. The number of carbonyl (C=O) groups excluding carboxylic acids is 1. The third kappa shape index (κ3) is 5.22. The normalized spacial score (nSPS) is 22.7. The molecule has 1 fully saturated rings. The molecule has 2 N–H and O–H groups in total. The highest BCUT2D eigenvalue weighted by Gasteiger charge is 2.34. The molecule has 1 amide bonds. The predicted octanol–water partition coefficient (Wildman–Crippen LogP) is 2.63. The zero-order valence-corrected chi connectivity index (χ0v) is 15.7. The van der Waals surface area contributed by atoms with Gasteiger partial charge in [-0.25, -0.2) is 15.0 Å². The van der Waals surface area contributed by atoms with Gasteiger partial charge < -0.3 is 15.4 Å². The maximum absolute atomic E-state index is 12.5. The average Bonchev–Trinajstić information content (AvgIpc) is 3.20. The van der Waals surface area contributed by atoms with Gasteiger partial charge in [0.2, 0.25) is 11.9 Å². The number of hydrogen-bond acceptors (Lipinski definition) is 7. The van der Waals surface area contributed by atoms with E-state index in [0.29, 0.717) is 25.5 Å². The van der Waals surface area contributed by atoms with Crippen LogP contribution in [0.4, 0.5) is 5.95 Å². The standard InChI is InChI=1S/C18H25N5O2S/c1-2-8-25-16-9-13(17(24)21-10-14-11-26-12-22-14)4-5-15(16)23-18-19-6-3-7-20-18/h3,6-7,11-13,15-16H,2,4-5,8-10H2,1H3,(H,21,24)(H,19,20,23). The molecule has 0 aliphatic heterocycles. The van der Waals surface area contributed by atoms with Gasteiger partial charge in [-0.3, -0.25) is 4.79 Å². The molecule has 3 atom stereocenters. The van der Waals surface area contributed by atoms with Crippen LogP contribution < -0.4 is 10.6 Å². The summed E-state index contributed by atoms with van der Waals surface area (Å²) in [4.78, 5) is 25.2. The maximum Gasteiger partial charge on any atom is 0.223 e. The Morgan fingerprint density at radius 3 is 2.88 bits per heavy atom. The Balaban J connectivity index is 1.56. The number of amides is 1. The molecule has 3 rings (SSSR count). The number of rotatable bonds is 8. The number of ether oxygens (including phenoxy) is 1. The molecule has 1 aliphatic rings. The maximum atomic E-state index is 12.5. The van der Waals surface area contributed by atoms with Gasteiger partial charge >= 0.3 is 0 Å². The quantitative estimate of drug-likeness (QED) is 0.737. The molecule has 7 nitrogen and oxygen atoms in total. The average molecular weight is 375 g/mol. The molecule has 2 heterocycles. The molecule has 1 saturated carbocycles. The van der Waals surface area contributed by atoms with Gasteiger partial charge in [-0.15, -0.1) is 11.3 Å². The van der Waals surface area contributed by atoms with Gasteiger partial charge in [-0.05, 0) is 31.7 Å². The molecule has 8 heteroatoms. The van der Waals surface area contributed by atoms with Crippen molar-refractivity contribution in [1.29, 1.82) is 0 Å². The lowest BCUT2D eigenvalue weighted by Crippen LogP contribution is -2.45. The first kappa shape index (κ1) is 18.7. The fourth-order valence-corrected chi connectivity index (χ4v) is 3.73. The van der Waals surface area contributed by atoms with E-state index in [1.807, 2.05) is 5.38 Å². The summed E-state index contributed by atoms with van der Waals surface area (Å²) in [6, 6.07) is 1.91. The fourth-order valence-electron chi connectivity index (χ4n) is 3.17. The van der Waals surface area contributed by atoms with Crippen LogP contribution in [0.5, 0.6) is 0 Å². The largest absolute Gasteiger partial charge is 0.376 e. The Bertz CT molecular complexity index is 667. The van der Waals surface area contributed by atoms with E-state index in [2.05, 4.69) is 32.5 Å². The van der Waals surface area contributed by atoms with E-state index in [1.165, 1.54) is 11.3 Å². The fraction of sp³-hybridized carbons (Fsp3) is 0.556. The van der Waals surface area contributed by atoms with Crippen LogP contribution in [-0.2, 0) is 16.1 Å². The van der Waals surface area contributed by atoms with Crippen molar-refractivity contribution in [1.82, 2.24) is 20.3 Å². The molecule has 2 aromatic rings. The zero-order chi connectivity index (χ0) is 18.2. The number of nitrogens with zero attached hydrogens (tertiary/aromatic N) is 3. The first-order valence-corrected chi connectivity index (χ1v) is 10.0. The van der Waals surface area contributed by atoms with Gasteiger partial charge in [0.05, 0.1) is 29.9 Å². The molecule has 3 unspecified atom stereocenters. The summed E-state index contributed by atoms with van der Waals surface area (Å²) < 4.78 is 6.04. The van der Waals surface area contributed by atoms with Crippen LogP contribution >= 0.6 is 11.3 Å². The van der Waals surface area contributed by atoms with Crippen molar-refractivity contribution in [2.24, 2.45) is 5.92 Å². The smallest absolute Gasteiger partial charge is 0.223 e. The molecule has 0 radical (unpaired) electrons.